The minimum Gasteiger partial charge on any atom is -0.389 e. The van der Waals surface area contributed by atoms with Gasteiger partial charge in [0, 0.05) is 17.8 Å². The van der Waals surface area contributed by atoms with Gasteiger partial charge in [-0.25, -0.2) is 0 Å². The summed E-state index contributed by atoms with van der Waals surface area (Å²) in [5, 5.41) is 5.70. The van der Waals surface area contributed by atoms with Crippen LogP contribution in [0.15, 0.2) is 24.3 Å². The number of nitrogens with two attached hydrogens (primary N) is 1. The standard InChI is InChI=1S/C11H15N3OS/c1-2-13-10(15)7-14-9-5-3-8(4-6-9)11(12)16/h3-6,14H,2,7H2,1H3,(H2,12,16)(H,13,15). The second-order valence-corrected chi connectivity index (χ2v) is 3.69. The Labute approximate surface area is 100 Å². The van der Waals surface area contributed by atoms with E-state index in [1.54, 1.807) is 0 Å². The Bertz CT molecular complexity index is 375. The number of likely N-dealkylation sites (N-methyl/N-ethyl adjacent to an activating group) is 1. The average molecular weight is 237 g/mol. The van der Waals surface area contributed by atoms with Crippen molar-refractivity contribution in [2.75, 3.05) is 18.4 Å². The van der Waals surface area contributed by atoms with Crippen LogP contribution < -0.4 is 16.4 Å². The zero-order valence-corrected chi connectivity index (χ0v) is 9.93. The van der Waals surface area contributed by atoms with E-state index in [0.717, 1.165) is 11.3 Å². The molecule has 86 valence electrons. The number of carbonyl (C=O) groups excluding carboxylic acids is 1. The van der Waals surface area contributed by atoms with Crippen molar-refractivity contribution in [3.05, 3.63) is 29.8 Å². The molecule has 0 radical (unpaired) electrons. The lowest BCUT2D eigenvalue weighted by Crippen LogP contribution is -2.29. The SMILES string of the molecule is CCNC(=O)CNc1ccc(C(N)=S)cc1. The second kappa shape index (κ2) is 6.07. The monoisotopic (exact) mass is 237 g/mol. The molecule has 0 heterocycles. The van der Waals surface area contributed by atoms with Crippen molar-refractivity contribution in [3.63, 3.8) is 0 Å². The van der Waals surface area contributed by atoms with Crippen molar-refractivity contribution >= 4 is 28.8 Å². The highest BCUT2D eigenvalue weighted by Crippen LogP contribution is 2.08. The highest BCUT2D eigenvalue weighted by atomic mass is 32.1. The third-order valence-electron chi connectivity index (χ3n) is 2.00. The molecule has 0 spiro atoms. The van der Waals surface area contributed by atoms with Crippen molar-refractivity contribution in [3.8, 4) is 0 Å². The molecular formula is C11H15N3OS. The van der Waals surface area contributed by atoms with Crippen LogP contribution in [0.5, 0.6) is 0 Å². The zero-order valence-electron chi connectivity index (χ0n) is 9.12. The Morgan fingerprint density at radius 1 is 1.38 bits per heavy atom. The number of benzene rings is 1. The molecule has 0 aliphatic heterocycles. The highest BCUT2D eigenvalue weighted by molar-refractivity contribution is 7.80. The maximum absolute atomic E-state index is 11.2. The fourth-order valence-electron chi connectivity index (χ4n) is 1.19. The summed E-state index contributed by atoms with van der Waals surface area (Å²) in [7, 11) is 0. The normalized spacial score (nSPS) is 9.56. The Balaban J connectivity index is 2.49. The van der Waals surface area contributed by atoms with Crippen molar-refractivity contribution in [2.24, 2.45) is 5.73 Å². The Hall–Kier alpha value is -1.62. The van der Waals surface area contributed by atoms with Crippen LogP contribution in [-0.4, -0.2) is 24.0 Å². The molecule has 0 fully saturated rings. The van der Waals surface area contributed by atoms with Crippen molar-refractivity contribution < 1.29 is 4.79 Å². The summed E-state index contributed by atoms with van der Waals surface area (Å²) in [6.07, 6.45) is 0. The van der Waals surface area contributed by atoms with E-state index in [-0.39, 0.29) is 12.5 Å². The van der Waals surface area contributed by atoms with Gasteiger partial charge in [0.15, 0.2) is 0 Å². The van der Waals surface area contributed by atoms with Gasteiger partial charge in [0.25, 0.3) is 0 Å². The quantitative estimate of drug-likeness (QED) is 0.665. The van der Waals surface area contributed by atoms with Crippen LogP contribution in [0.3, 0.4) is 0 Å². The van der Waals surface area contributed by atoms with Crippen LogP contribution >= 0.6 is 12.2 Å². The Kier molecular flexibility index (Phi) is 4.72. The first-order chi connectivity index (χ1) is 7.63. The minimum atomic E-state index is -0.0269. The van der Waals surface area contributed by atoms with E-state index in [1.165, 1.54) is 0 Å². The van der Waals surface area contributed by atoms with Gasteiger partial charge >= 0.3 is 0 Å². The fourth-order valence-corrected chi connectivity index (χ4v) is 1.33. The molecule has 0 saturated carbocycles. The van der Waals surface area contributed by atoms with E-state index in [2.05, 4.69) is 10.6 Å². The lowest BCUT2D eigenvalue weighted by Gasteiger charge is -2.06. The number of rotatable bonds is 5. The van der Waals surface area contributed by atoms with E-state index in [4.69, 9.17) is 18.0 Å². The van der Waals surface area contributed by atoms with E-state index in [1.807, 2.05) is 31.2 Å². The molecule has 0 aromatic heterocycles. The van der Waals surface area contributed by atoms with E-state index < -0.39 is 0 Å². The molecular weight excluding hydrogens is 222 g/mol. The lowest BCUT2D eigenvalue weighted by molar-refractivity contribution is -0.119. The van der Waals surface area contributed by atoms with Crippen molar-refractivity contribution in [1.82, 2.24) is 5.32 Å². The zero-order chi connectivity index (χ0) is 12.0. The molecule has 1 amide bonds. The van der Waals surface area contributed by atoms with Gasteiger partial charge in [0.1, 0.15) is 4.99 Å². The Morgan fingerprint density at radius 3 is 2.50 bits per heavy atom. The molecule has 16 heavy (non-hydrogen) atoms. The first-order valence-electron chi connectivity index (χ1n) is 5.04. The summed E-state index contributed by atoms with van der Waals surface area (Å²) in [6.45, 7) is 2.79. The summed E-state index contributed by atoms with van der Waals surface area (Å²) in [6, 6.07) is 7.33. The molecule has 4 nitrogen and oxygen atoms in total. The predicted molar refractivity (Wildman–Crippen MR) is 69.5 cm³/mol. The third-order valence-corrected chi connectivity index (χ3v) is 2.23. The van der Waals surface area contributed by atoms with Gasteiger partial charge in [-0.05, 0) is 31.2 Å². The number of anilines is 1. The summed E-state index contributed by atoms with van der Waals surface area (Å²) in [5.41, 5.74) is 7.16. The molecule has 1 aromatic rings. The lowest BCUT2D eigenvalue weighted by atomic mass is 10.2. The molecule has 4 N–H and O–H groups in total. The minimum absolute atomic E-state index is 0.0269. The van der Waals surface area contributed by atoms with Gasteiger partial charge in [0.05, 0.1) is 6.54 Å². The van der Waals surface area contributed by atoms with Gasteiger partial charge < -0.3 is 16.4 Å². The summed E-state index contributed by atoms with van der Waals surface area (Å²) in [4.78, 5) is 11.5. The topological polar surface area (TPSA) is 67.2 Å². The third kappa shape index (κ3) is 3.86. The molecule has 0 aliphatic rings. The summed E-state index contributed by atoms with van der Waals surface area (Å²) in [5.74, 6) is -0.0269. The largest absolute Gasteiger partial charge is 0.389 e. The number of amides is 1. The van der Waals surface area contributed by atoms with Gasteiger partial charge in [-0.2, -0.15) is 0 Å². The second-order valence-electron chi connectivity index (χ2n) is 3.25. The summed E-state index contributed by atoms with van der Waals surface area (Å²) >= 11 is 4.84. The first kappa shape index (κ1) is 12.4. The van der Waals surface area contributed by atoms with Crippen LogP contribution in [0, 0.1) is 0 Å². The van der Waals surface area contributed by atoms with Crippen molar-refractivity contribution in [2.45, 2.75) is 6.92 Å². The van der Waals surface area contributed by atoms with Gasteiger partial charge in [-0.15, -0.1) is 0 Å². The van der Waals surface area contributed by atoms with E-state index in [9.17, 15) is 4.79 Å². The summed E-state index contributed by atoms with van der Waals surface area (Å²) < 4.78 is 0. The van der Waals surface area contributed by atoms with Crippen LogP contribution in [-0.2, 0) is 4.79 Å². The number of hydrogen-bond donors (Lipinski definition) is 3. The van der Waals surface area contributed by atoms with Gasteiger partial charge in [-0.1, -0.05) is 12.2 Å². The fraction of sp³-hybridized carbons (Fsp3) is 0.273. The number of nitrogens with one attached hydrogen (secondary N) is 2. The smallest absolute Gasteiger partial charge is 0.239 e. The molecule has 0 bridgehead atoms. The van der Waals surface area contributed by atoms with Crippen LogP contribution in [0.1, 0.15) is 12.5 Å². The Morgan fingerprint density at radius 2 is 2.00 bits per heavy atom. The molecule has 1 rings (SSSR count). The predicted octanol–water partition coefficient (Wildman–Crippen LogP) is 0.869. The maximum atomic E-state index is 11.2. The molecule has 1 aromatic carbocycles. The molecule has 0 saturated heterocycles. The number of carbonyl (C=O) groups is 1. The average Bonchev–Trinajstić information content (AvgIpc) is 2.27. The molecule has 0 aliphatic carbocycles. The van der Waals surface area contributed by atoms with Crippen LogP contribution in [0.2, 0.25) is 0 Å². The van der Waals surface area contributed by atoms with Crippen LogP contribution in [0.25, 0.3) is 0 Å². The highest BCUT2D eigenvalue weighted by Gasteiger charge is 1.99. The van der Waals surface area contributed by atoms with E-state index >= 15 is 0 Å². The van der Waals surface area contributed by atoms with Crippen molar-refractivity contribution in [1.29, 1.82) is 0 Å². The first-order valence-corrected chi connectivity index (χ1v) is 5.44. The van der Waals surface area contributed by atoms with Crippen LogP contribution in [0.4, 0.5) is 5.69 Å². The molecule has 5 heteroatoms. The van der Waals surface area contributed by atoms with E-state index in [0.29, 0.717) is 11.5 Å². The van der Waals surface area contributed by atoms with Gasteiger partial charge in [0.2, 0.25) is 5.91 Å². The maximum Gasteiger partial charge on any atom is 0.239 e. The van der Waals surface area contributed by atoms with Gasteiger partial charge in [-0.3, -0.25) is 4.79 Å². The molecule has 0 atom stereocenters. The number of hydrogen-bond acceptors (Lipinski definition) is 3. The number of thiocarbonyl (C=S) groups is 1. The molecule has 0 unspecified atom stereocenters.